The lowest BCUT2D eigenvalue weighted by Gasteiger charge is -2.31. The smallest absolute Gasteiger partial charge is 0.254 e. The standard InChI is InChI=1S/C34H42N8O6/c1-3-27(29(43)22-42-30(37-38-39-42)21-24-9-5-4-6-10-24)35-31(44)23(2)41-16-8-7-11-28(34(41)47)36-32(45)25-12-14-26(15-13-25)33(46)40-17-19-48-20-18-40/h4-6,9-10,12-15,23,27-28H,3,7-8,11,16-22H2,1-2H3,(H,35,44)(H,36,45). The Labute approximate surface area is 279 Å². The number of carbonyl (C=O) groups is 5. The minimum absolute atomic E-state index is 0.110. The topological polar surface area (TPSA) is 169 Å². The molecule has 254 valence electrons. The van der Waals surface area contributed by atoms with Crippen LogP contribution in [0.1, 0.15) is 71.6 Å². The summed E-state index contributed by atoms with van der Waals surface area (Å²) in [5, 5.41) is 17.4. The summed E-state index contributed by atoms with van der Waals surface area (Å²) in [6, 6.07) is 13.5. The van der Waals surface area contributed by atoms with E-state index in [1.807, 2.05) is 30.3 Å². The molecule has 3 atom stereocenters. The second-order valence-electron chi connectivity index (χ2n) is 12.1. The third-order valence-electron chi connectivity index (χ3n) is 8.80. The van der Waals surface area contributed by atoms with Crippen LogP contribution >= 0.6 is 0 Å². The van der Waals surface area contributed by atoms with Crippen molar-refractivity contribution in [2.45, 2.75) is 70.6 Å². The summed E-state index contributed by atoms with van der Waals surface area (Å²) in [6.07, 6.45) is 2.57. The predicted molar refractivity (Wildman–Crippen MR) is 174 cm³/mol. The summed E-state index contributed by atoms with van der Waals surface area (Å²) < 4.78 is 6.75. The number of likely N-dealkylation sites (tertiary alicyclic amines) is 1. The van der Waals surface area contributed by atoms with Crippen LogP contribution in [0.15, 0.2) is 54.6 Å². The fourth-order valence-electron chi connectivity index (χ4n) is 5.89. The van der Waals surface area contributed by atoms with Crippen molar-refractivity contribution in [3.8, 4) is 0 Å². The number of hydrogen-bond acceptors (Lipinski definition) is 9. The zero-order valence-electron chi connectivity index (χ0n) is 27.3. The highest BCUT2D eigenvalue weighted by atomic mass is 16.5. The number of hydrogen-bond donors (Lipinski definition) is 2. The van der Waals surface area contributed by atoms with Gasteiger partial charge in [0.25, 0.3) is 11.8 Å². The number of amides is 4. The van der Waals surface area contributed by atoms with E-state index in [-0.39, 0.29) is 24.1 Å². The van der Waals surface area contributed by atoms with E-state index in [0.717, 1.165) is 5.56 Å². The number of nitrogens with one attached hydrogen (secondary N) is 2. The molecule has 3 heterocycles. The third kappa shape index (κ3) is 8.48. The molecule has 0 spiro atoms. The minimum atomic E-state index is -0.871. The number of carbonyl (C=O) groups excluding carboxylic acids is 5. The summed E-state index contributed by atoms with van der Waals surface area (Å²) in [7, 11) is 0. The van der Waals surface area contributed by atoms with Crippen LogP contribution in [0.4, 0.5) is 0 Å². The molecule has 3 aromatic rings. The van der Waals surface area contributed by atoms with E-state index in [0.29, 0.717) is 81.9 Å². The maximum Gasteiger partial charge on any atom is 0.254 e. The average molecular weight is 659 g/mol. The van der Waals surface area contributed by atoms with Gasteiger partial charge in [0.1, 0.15) is 18.6 Å². The van der Waals surface area contributed by atoms with Crippen molar-refractivity contribution in [1.29, 1.82) is 0 Å². The van der Waals surface area contributed by atoms with Crippen LogP contribution in [0.5, 0.6) is 0 Å². The number of nitrogens with zero attached hydrogens (tertiary/aromatic N) is 6. The SMILES string of the molecule is CCC(NC(=O)C(C)N1CCCCC(NC(=O)c2ccc(C(=O)N3CCOCC3)cc2)C1=O)C(=O)Cn1nnnc1Cc1ccccc1. The molecule has 0 radical (unpaired) electrons. The highest BCUT2D eigenvalue weighted by Gasteiger charge is 2.35. The number of ether oxygens (including phenoxy) is 1. The molecule has 3 unspecified atom stereocenters. The third-order valence-corrected chi connectivity index (χ3v) is 8.80. The Kier molecular flexibility index (Phi) is 11.6. The van der Waals surface area contributed by atoms with Crippen LogP contribution in [0, 0.1) is 0 Å². The summed E-state index contributed by atoms with van der Waals surface area (Å²) in [6.45, 7) is 5.68. The first-order valence-corrected chi connectivity index (χ1v) is 16.5. The normalized spacial score (nSPS) is 18.0. The number of aromatic nitrogens is 4. The fraction of sp³-hybridized carbons (Fsp3) is 0.471. The van der Waals surface area contributed by atoms with Crippen LogP contribution in [0.25, 0.3) is 0 Å². The van der Waals surface area contributed by atoms with Gasteiger partial charge in [0.15, 0.2) is 11.6 Å². The maximum atomic E-state index is 13.6. The summed E-state index contributed by atoms with van der Waals surface area (Å²) >= 11 is 0. The first-order valence-electron chi connectivity index (χ1n) is 16.5. The molecule has 0 saturated carbocycles. The lowest BCUT2D eigenvalue weighted by atomic mass is 10.1. The molecule has 2 aliphatic heterocycles. The van der Waals surface area contributed by atoms with E-state index in [1.54, 1.807) is 43.0 Å². The molecule has 1 aromatic heterocycles. The number of tetrazole rings is 1. The van der Waals surface area contributed by atoms with Crippen molar-refractivity contribution >= 4 is 29.4 Å². The Bertz CT molecular complexity index is 1590. The van der Waals surface area contributed by atoms with Gasteiger partial charge in [-0.05, 0) is 72.9 Å². The number of benzene rings is 2. The highest BCUT2D eigenvalue weighted by Crippen LogP contribution is 2.17. The van der Waals surface area contributed by atoms with Crippen LogP contribution in [-0.4, -0.2) is 110 Å². The Balaban J connectivity index is 1.17. The van der Waals surface area contributed by atoms with Gasteiger partial charge in [0, 0.05) is 37.2 Å². The van der Waals surface area contributed by atoms with Crippen LogP contribution in [0.2, 0.25) is 0 Å². The van der Waals surface area contributed by atoms with E-state index in [9.17, 15) is 24.0 Å². The Morgan fingerprint density at radius 2 is 1.67 bits per heavy atom. The van der Waals surface area contributed by atoms with E-state index >= 15 is 0 Å². The molecule has 2 N–H and O–H groups in total. The van der Waals surface area contributed by atoms with Gasteiger partial charge >= 0.3 is 0 Å². The molecule has 14 nitrogen and oxygen atoms in total. The molecular weight excluding hydrogens is 616 g/mol. The van der Waals surface area contributed by atoms with Crippen LogP contribution < -0.4 is 10.6 Å². The van der Waals surface area contributed by atoms with Gasteiger partial charge in [-0.25, -0.2) is 4.68 Å². The Morgan fingerprint density at radius 3 is 2.38 bits per heavy atom. The van der Waals surface area contributed by atoms with Crippen molar-refractivity contribution in [3.05, 3.63) is 77.1 Å². The van der Waals surface area contributed by atoms with Crippen LogP contribution in [-0.2, 0) is 32.1 Å². The average Bonchev–Trinajstić information content (AvgIpc) is 3.46. The van der Waals surface area contributed by atoms with Crippen molar-refractivity contribution in [2.75, 3.05) is 32.8 Å². The second kappa shape index (κ2) is 16.2. The van der Waals surface area contributed by atoms with Crippen molar-refractivity contribution in [3.63, 3.8) is 0 Å². The van der Waals surface area contributed by atoms with Gasteiger partial charge in [0.2, 0.25) is 11.8 Å². The molecule has 2 saturated heterocycles. The zero-order valence-corrected chi connectivity index (χ0v) is 27.3. The molecule has 2 fully saturated rings. The quantitative estimate of drug-likeness (QED) is 0.292. The van der Waals surface area contributed by atoms with Crippen LogP contribution in [0.3, 0.4) is 0 Å². The Morgan fingerprint density at radius 1 is 0.958 bits per heavy atom. The molecule has 5 rings (SSSR count). The van der Waals surface area contributed by atoms with E-state index in [1.165, 1.54) is 9.58 Å². The summed E-state index contributed by atoms with van der Waals surface area (Å²) in [5.41, 5.74) is 1.79. The molecule has 0 bridgehead atoms. The van der Waals surface area contributed by atoms with E-state index < -0.39 is 29.9 Å². The lowest BCUT2D eigenvalue weighted by molar-refractivity contribution is -0.141. The monoisotopic (exact) mass is 658 g/mol. The van der Waals surface area contributed by atoms with Gasteiger partial charge in [-0.3, -0.25) is 24.0 Å². The summed E-state index contributed by atoms with van der Waals surface area (Å²) in [5.74, 6) is -1.11. The molecule has 2 aromatic carbocycles. The van der Waals surface area contributed by atoms with E-state index in [4.69, 9.17) is 4.74 Å². The molecule has 0 aliphatic carbocycles. The van der Waals surface area contributed by atoms with Crippen molar-refractivity contribution < 1.29 is 28.7 Å². The second-order valence-corrected chi connectivity index (χ2v) is 12.1. The maximum absolute atomic E-state index is 13.6. The highest BCUT2D eigenvalue weighted by molar-refractivity contribution is 6.00. The molecule has 2 aliphatic rings. The van der Waals surface area contributed by atoms with Crippen molar-refractivity contribution in [2.24, 2.45) is 0 Å². The molecule has 48 heavy (non-hydrogen) atoms. The number of rotatable bonds is 12. The van der Waals surface area contributed by atoms with Gasteiger partial charge in [0.05, 0.1) is 19.3 Å². The zero-order chi connectivity index (χ0) is 34.0. The predicted octanol–water partition coefficient (Wildman–Crippen LogP) is 1.40. The molecular formula is C34H42N8O6. The molecule has 14 heteroatoms. The van der Waals surface area contributed by atoms with Crippen molar-refractivity contribution in [1.82, 2.24) is 40.6 Å². The van der Waals surface area contributed by atoms with E-state index in [2.05, 4.69) is 26.2 Å². The number of ketones is 1. The number of morpholine rings is 1. The minimum Gasteiger partial charge on any atom is -0.378 e. The first kappa shape index (κ1) is 34.4. The lowest BCUT2D eigenvalue weighted by Crippen LogP contribution is -2.56. The number of Topliss-reactive ketones (excluding diaryl/α,β-unsaturated/α-hetero) is 1. The first-order chi connectivity index (χ1) is 23.2. The Hall–Kier alpha value is -4.98. The summed E-state index contributed by atoms with van der Waals surface area (Å²) in [4.78, 5) is 69.4. The van der Waals surface area contributed by atoms with Gasteiger partial charge in [-0.1, -0.05) is 37.3 Å². The van der Waals surface area contributed by atoms with Gasteiger partial charge in [-0.15, -0.1) is 5.10 Å². The van der Waals surface area contributed by atoms with Gasteiger partial charge in [-0.2, -0.15) is 0 Å². The largest absolute Gasteiger partial charge is 0.378 e. The van der Waals surface area contributed by atoms with Gasteiger partial charge < -0.3 is 25.2 Å². The molecule has 4 amide bonds. The fourth-order valence-corrected chi connectivity index (χ4v) is 5.89.